The minimum atomic E-state index is -1.93. The number of benzene rings is 2. The average molecular weight is 819 g/mol. The van der Waals surface area contributed by atoms with E-state index in [1.807, 2.05) is 83.1 Å². The summed E-state index contributed by atoms with van der Waals surface area (Å²) in [5, 5.41) is 76.3. The summed E-state index contributed by atoms with van der Waals surface area (Å²) in [7, 11) is 0. The summed E-state index contributed by atoms with van der Waals surface area (Å²) < 4.78 is 28.3. The number of hydrogen-bond acceptors (Lipinski definition) is 15. The second-order valence-electron chi connectivity index (χ2n) is 19.4. The topological polar surface area (TPSA) is 239 Å². The Morgan fingerprint density at radius 3 is 1.21 bits per heavy atom. The first-order chi connectivity index (χ1) is 26.5. The highest BCUT2D eigenvalue weighted by Crippen LogP contribution is 2.42. The Bertz CT molecular complexity index is 1740. The van der Waals surface area contributed by atoms with Gasteiger partial charge in [-0.3, -0.25) is 0 Å². The van der Waals surface area contributed by atoms with Gasteiger partial charge in [0.25, 0.3) is 0 Å². The van der Waals surface area contributed by atoms with Gasteiger partial charge in [-0.15, -0.1) is 0 Å². The summed E-state index contributed by atoms with van der Waals surface area (Å²) in [4.78, 5) is 38.9. The van der Waals surface area contributed by atoms with Crippen LogP contribution in [0.15, 0.2) is 24.3 Å². The monoisotopic (exact) mass is 818 g/mol. The van der Waals surface area contributed by atoms with Crippen molar-refractivity contribution in [2.24, 2.45) is 5.92 Å². The molecule has 2 aliphatic heterocycles. The van der Waals surface area contributed by atoms with Crippen molar-refractivity contribution in [3.63, 3.8) is 0 Å². The molecule has 4 rings (SSSR count). The van der Waals surface area contributed by atoms with E-state index in [1.165, 1.54) is 24.3 Å². The highest BCUT2D eigenvalue weighted by atomic mass is 16.8. The lowest BCUT2D eigenvalue weighted by Crippen LogP contribution is -2.62. The molecule has 0 amide bonds. The molecule has 2 saturated heterocycles. The van der Waals surface area contributed by atoms with E-state index < -0.39 is 108 Å². The van der Waals surface area contributed by atoms with E-state index in [4.69, 9.17) is 23.7 Å². The first-order valence-electron chi connectivity index (χ1n) is 19.4. The van der Waals surface area contributed by atoms with Gasteiger partial charge in [0.2, 0.25) is 0 Å². The molecule has 15 heteroatoms. The van der Waals surface area contributed by atoms with Gasteiger partial charge in [0.05, 0.1) is 23.1 Å². The molecule has 58 heavy (non-hydrogen) atoms. The van der Waals surface area contributed by atoms with E-state index >= 15 is 0 Å². The SMILES string of the molecule is CC(C)(C)c1cc(C(=O)OCC2OC(OC3OC(COC(=O)c4cc(C(C)(C)C)c(O)c(C(C)(C)C)c4)C(O)C(O)C3C=O)C(O)C(O)C2O)cc(C(C)(C)C)c1O. The Hall–Kier alpha value is -3.67. The lowest BCUT2D eigenvalue weighted by molar-refractivity contribution is -0.365. The molecule has 0 saturated carbocycles. The standard InChI is InChI=1S/C43H62O15/c1-40(2,3)23-13-20(14-24(30(23)46)41(4,5)6)36(52)54-18-27-32(48)29(45)22(17-44)38(56-27)58-39-35(51)34(50)33(49)28(57-39)19-55-37(53)21-15-25(42(7,8)9)31(47)26(16-21)43(10,11)12/h13-17,22,27-29,32-35,38-39,45-51H,18-19H2,1-12H3. The Morgan fingerprint density at radius 2 is 0.879 bits per heavy atom. The second kappa shape index (κ2) is 17.1. The molecule has 0 spiro atoms. The summed E-state index contributed by atoms with van der Waals surface area (Å²) in [5.74, 6) is -3.10. The quantitative estimate of drug-likeness (QED) is 0.142. The van der Waals surface area contributed by atoms with Crippen LogP contribution in [0.3, 0.4) is 0 Å². The fourth-order valence-electron chi connectivity index (χ4n) is 6.93. The molecule has 0 bridgehead atoms. The number of aromatic hydroxyl groups is 2. The summed E-state index contributed by atoms with van der Waals surface area (Å²) >= 11 is 0. The van der Waals surface area contributed by atoms with Crippen LogP contribution in [-0.4, -0.2) is 122 Å². The van der Waals surface area contributed by atoms with Gasteiger partial charge in [0, 0.05) is 22.3 Å². The number of hydrogen-bond donors (Lipinski definition) is 7. The Labute approximate surface area is 339 Å². The van der Waals surface area contributed by atoms with Crippen LogP contribution in [0, 0.1) is 5.92 Å². The lowest BCUT2D eigenvalue weighted by atomic mass is 9.78. The molecule has 2 heterocycles. The Morgan fingerprint density at radius 1 is 0.552 bits per heavy atom. The molecule has 0 radical (unpaired) electrons. The maximum atomic E-state index is 13.4. The zero-order chi connectivity index (χ0) is 44.0. The molecule has 10 atom stereocenters. The third-order valence-electron chi connectivity index (χ3n) is 10.5. The number of phenols is 2. The van der Waals surface area contributed by atoms with Crippen LogP contribution in [0.1, 0.15) is 126 Å². The van der Waals surface area contributed by atoms with Crippen LogP contribution >= 0.6 is 0 Å². The number of phenolic OH excluding ortho intramolecular Hbond substituents is 2. The summed E-state index contributed by atoms with van der Waals surface area (Å²) in [5.41, 5.74) is 0.0900. The van der Waals surface area contributed by atoms with E-state index in [2.05, 4.69) is 0 Å². The van der Waals surface area contributed by atoms with Crippen molar-refractivity contribution in [3.05, 3.63) is 57.6 Å². The van der Waals surface area contributed by atoms with Crippen molar-refractivity contribution in [2.45, 2.75) is 160 Å². The van der Waals surface area contributed by atoms with Crippen molar-refractivity contribution >= 4 is 18.2 Å². The number of aliphatic hydroxyl groups is 5. The number of rotatable bonds is 9. The number of carbonyl (C=O) groups excluding carboxylic acids is 3. The minimum absolute atomic E-state index is 0.0532. The molecule has 0 aromatic heterocycles. The van der Waals surface area contributed by atoms with Crippen molar-refractivity contribution in [1.29, 1.82) is 0 Å². The molecule has 2 aromatic rings. The Balaban J connectivity index is 1.51. The maximum absolute atomic E-state index is 13.4. The molecule has 7 N–H and O–H groups in total. The second-order valence-corrected chi connectivity index (χ2v) is 19.4. The molecule has 0 aliphatic carbocycles. The lowest BCUT2D eigenvalue weighted by Gasteiger charge is -2.44. The average Bonchev–Trinajstić information content (AvgIpc) is 3.10. The third-order valence-corrected chi connectivity index (χ3v) is 10.5. The van der Waals surface area contributed by atoms with E-state index in [0.717, 1.165) is 0 Å². The van der Waals surface area contributed by atoms with Crippen molar-refractivity contribution in [3.8, 4) is 11.5 Å². The van der Waals surface area contributed by atoms with Gasteiger partial charge in [0.15, 0.2) is 12.6 Å². The van der Waals surface area contributed by atoms with Crippen molar-refractivity contribution < 1.29 is 73.8 Å². The molecule has 2 aromatic carbocycles. The molecular formula is C43H62O15. The van der Waals surface area contributed by atoms with Crippen LogP contribution in [0.5, 0.6) is 11.5 Å². The summed E-state index contributed by atoms with van der Waals surface area (Å²) in [6, 6.07) is 6.06. The molecule has 2 aliphatic rings. The van der Waals surface area contributed by atoms with Gasteiger partial charge < -0.3 is 64.2 Å². The molecule has 2 fully saturated rings. The largest absolute Gasteiger partial charge is 0.507 e. The third kappa shape index (κ3) is 10.2. The molecule has 15 nitrogen and oxygen atoms in total. The maximum Gasteiger partial charge on any atom is 0.338 e. The van der Waals surface area contributed by atoms with Gasteiger partial charge >= 0.3 is 11.9 Å². The predicted molar refractivity (Wildman–Crippen MR) is 210 cm³/mol. The van der Waals surface area contributed by atoms with Crippen LogP contribution < -0.4 is 0 Å². The zero-order valence-electron chi connectivity index (χ0n) is 35.5. The summed E-state index contributed by atoms with van der Waals surface area (Å²) in [6.45, 7) is 21.3. The van der Waals surface area contributed by atoms with Crippen LogP contribution in [0.4, 0.5) is 0 Å². The van der Waals surface area contributed by atoms with Gasteiger partial charge in [-0.2, -0.15) is 0 Å². The minimum Gasteiger partial charge on any atom is -0.507 e. The number of aldehydes is 1. The zero-order valence-corrected chi connectivity index (χ0v) is 35.5. The van der Waals surface area contributed by atoms with Gasteiger partial charge in [-0.25, -0.2) is 9.59 Å². The predicted octanol–water partition coefficient (Wildman–Crippen LogP) is 3.39. The van der Waals surface area contributed by atoms with Crippen LogP contribution in [-0.2, 0) is 50.1 Å². The molecule has 324 valence electrons. The fraction of sp³-hybridized carbons (Fsp3) is 0.651. The van der Waals surface area contributed by atoms with Gasteiger partial charge in [0.1, 0.15) is 67.6 Å². The number of ether oxygens (including phenoxy) is 5. The van der Waals surface area contributed by atoms with Gasteiger partial charge in [-0.1, -0.05) is 83.1 Å². The highest BCUT2D eigenvalue weighted by molar-refractivity contribution is 5.91. The molecule has 10 unspecified atom stereocenters. The number of aliphatic hydroxyl groups excluding tert-OH is 5. The van der Waals surface area contributed by atoms with E-state index in [1.54, 1.807) is 0 Å². The van der Waals surface area contributed by atoms with Crippen molar-refractivity contribution in [1.82, 2.24) is 0 Å². The summed E-state index contributed by atoms with van der Waals surface area (Å²) in [6.07, 6.45) is -15.4. The molecular weight excluding hydrogens is 756 g/mol. The number of carbonyl (C=O) groups is 3. The van der Waals surface area contributed by atoms with Crippen LogP contribution in [0.25, 0.3) is 0 Å². The smallest absolute Gasteiger partial charge is 0.338 e. The van der Waals surface area contributed by atoms with E-state index in [9.17, 15) is 50.1 Å². The number of esters is 2. The van der Waals surface area contributed by atoms with Crippen molar-refractivity contribution in [2.75, 3.05) is 13.2 Å². The Kier molecular flexibility index (Phi) is 13.9. The van der Waals surface area contributed by atoms with Crippen LogP contribution in [0.2, 0.25) is 0 Å². The first-order valence-corrected chi connectivity index (χ1v) is 19.4. The fourth-order valence-corrected chi connectivity index (χ4v) is 6.93. The first kappa shape index (κ1) is 47.0. The van der Waals surface area contributed by atoms with E-state index in [0.29, 0.717) is 22.3 Å². The normalized spacial score (nSPS) is 28.5. The highest BCUT2D eigenvalue weighted by Gasteiger charge is 2.51. The van der Waals surface area contributed by atoms with Gasteiger partial charge in [-0.05, 0) is 45.9 Å². The van der Waals surface area contributed by atoms with E-state index in [-0.39, 0.29) is 28.9 Å².